The molecule has 132 valence electrons. The zero-order chi connectivity index (χ0) is 16.9. The monoisotopic (exact) mass is 331 g/mol. The van der Waals surface area contributed by atoms with Crippen molar-refractivity contribution in [2.45, 2.75) is 39.2 Å². The zero-order valence-electron chi connectivity index (χ0n) is 15.1. The number of quaternary nitrogens is 1. The molecule has 4 heteroatoms. The maximum atomic E-state index is 12.7. The van der Waals surface area contributed by atoms with Crippen LogP contribution < -0.4 is 9.64 Å². The molecule has 1 atom stereocenters. The summed E-state index contributed by atoms with van der Waals surface area (Å²) in [6, 6.07) is 8.36. The van der Waals surface area contributed by atoms with Crippen LogP contribution in [0.2, 0.25) is 0 Å². The predicted octanol–water partition coefficient (Wildman–Crippen LogP) is 1.75. The van der Waals surface area contributed by atoms with Crippen molar-refractivity contribution in [3.63, 3.8) is 0 Å². The largest absolute Gasteiger partial charge is 0.497 e. The molecule has 2 fully saturated rings. The molecule has 0 saturated carbocycles. The Hall–Kier alpha value is -1.55. The third-order valence-corrected chi connectivity index (χ3v) is 5.62. The SMILES string of the molecule is COc1ccc(C[NH+]2CCC(C(=O)N3CCC[C@@H](C)C3)CC2)cc1. The summed E-state index contributed by atoms with van der Waals surface area (Å²) < 4.78 is 5.22. The Kier molecular flexibility index (Phi) is 5.77. The average molecular weight is 331 g/mol. The zero-order valence-corrected chi connectivity index (χ0v) is 15.1. The number of carbonyl (C=O) groups is 1. The van der Waals surface area contributed by atoms with Crippen LogP contribution in [0, 0.1) is 11.8 Å². The van der Waals surface area contributed by atoms with E-state index in [-0.39, 0.29) is 5.92 Å². The van der Waals surface area contributed by atoms with Gasteiger partial charge >= 0.3 is 0 Å². The number of carbonyl (C=O) groups excluding carboxylic acids is 1. The van der Waals surface area contributed by atoms with Gasteiger partial charge in [-0.3, -0.25) is 4.79 Å². The van der Waals surface area contributed by atoms with Gasteiger partial charge < -0.3 is 14.5 Å². The molecule has 0 unspecified atom stereocenters. The van der Waals surface area contributed by atoms with Gasteiger partial charge in [0.25, 0.3) is 0 Å². The lowest BCUT2D eigenvalue weighted by molar-refractivity contribution is -0.919. The number of methoxy groups -OCH3 is 1. The van der Waals surface area contributed by atoms with Gasteiger partial charge in [-0.05, 0) is 43.0 Å². The first-order valence-electron chi connectivity index (χ1n) is 9.41. The highest BCUT2D eigenvalue weighted by atomic mass is 16.5. The minimum atomic E-state index is 0.259. The van der Waals surface area contributed by atoms with Gasteiger partial charge in [-0.15, -0.1) is 0 Å². The number of ether oxygens (including phenoxy) is 1. The first kappa shape index (κ1) is 17.3. The minimum Gasteiger partial charge on any atom is -0.497 e. The lowest BCUT2D eigenvalue weighted by atomic mass is 9.92. The molecule has 0 bridgehead atoms. The third kappa shape index (κ3) is 4.29. The average Bonchev–Trinajstić information content (AvgIpc) is 2.62. The molecular formula is C20H31N2O2+. The van der Waals surface area contributed by atoms with Gasteiger partial charge in [0.1, 0.15) is 12.3 Å². The Morgan fingerprint density at radius 3 is 2.54 bits per heavy atom. The number of nitrogens with one attached hydrogen (secondary N) is 1. The summed E-state index contributed by atoms with van der Waals surface area (Å²) in [6.45, 7) is 7.46. The van der Waals surface area contributed by atoms with E-state index in [0.717, 1.165) is 51.3 Å². The van der Waals surface area contributed by atoms with Crippen molar-refractivity contribution >= 4 is 5.91 Å². The number of piperidine rings is 2. The van der Waals surface area contributed by atoms with Crippen LogP contribution in [0.25, 0.3) is 0 Å². The summed E-state index contributed by atoms with van der Waals surface area (Å²) in [7, 11) is 1.70. The highest BCUT2D eigenvalue weighted by Crippen LogP contribution is 2.21. The quantitative estimate of drug-likeness (QED) is 0.912. The van der Waals surface area contributed by atoms with Crippen LogP contribution >= 0.6 is 0 Å². The van der Waals surface area contributed by atoms with Crippen LogP contribution in [-0.4, -0.2) is 44.1 Å². The van der Waals surface area contributed by atoms with E-state index in [0.29, 0.717) is 11.8 Å². The molecule has 1 amide bonds. The molecule has 1 aromatic rings. The Labute approximate surface area is 145 Å². The summed E-state index contributed by atoms with van der Waals surface area (Å²) in [5, 5.41) is 0. The highest BCUT2D eigenvalue weighted by molar-refractivity contribution is 5.79. The number of nitrogens with zero attached hydrogens (tertiary/aromatic N) is 1. The first-order valence-corrected chi connectivity index (χ1v) is 9.41. The topological polar surface area (TPSA) is 34.0 Å². The Morgan fingerprint density at radius 1 is 1.21 bits per heavy atom. The predicted molar refractivity (Wildman–Crippen MR) is 95.1 cm³/mol. The summed E-state index contributed by atoms with van der Waals surface area (Å²) in [4.78, 5) is 16.5. The van der Waals surface area contributed by atoms with Crippen LogP contribution in [-0.2, 0) is 11.3 Å². The standard InChI is InChI=1S/C20H30N2O2/c1-16-4-3-11-22(14-16)20(23)18-9-12-21(13-10-18)15-17-5-7-19(24-2)8-6-17/h5-8,16,18H,3-4,9-15H2,1-2H3/p+1/t16-/m1/s1. The van der Waals surface area contributed by atoms with E-state index >= 15 is 0 Å². The summed E-state index contributed by atoms with van der Waals surface area (Å²) in [5.41, 5.74) is 1.35. The summed E-state index contributed by atoms with van der Waals surface area (Å²) in [5.74, 6) is 2.26. The van der Waals surface area contributed by atoms with E-state index in [4.69, 9.17) is 4.74 Å². The first-order chi connectivity index (χ1) is 11.7. The van der Waals surface area contributed by atoms with Gasteiger partial charge in [0.05, 0.1) is 20.2 Å². The van der Waals surface area contributed by atoms with Gasteiger partial charge in [0.15, 0.2) is 0 Å². The Bertz CT molecular complexity index is 535. The molecule has 3 rings (SSSR count). The molecule has 0 aliphatic carbocycles. The molecule has 1 aromatic carbocycles. The molecule has 4 nitrogen and oxygen atoms in total. The third-order valence-electron chi connectivity index (χ3n) is 5.62. The molecular weight excluding hydrogens is 300 g/mol. The molecule has 0 aromatic heterocycles. The van der Waals surface area contributed by atoms with Crippen molar-refractivity contribution < 1.29 is 14.4 Å². The molecule has 2 heterocycles. The van der Waals surface area contributed by atoms with Crippen molar-refractivity contribution in [2.24, 2.45) is 11.8 Å². The second-order valence-electron chi connectivity index (χ2n) is 7.58. The molecule has 0 radical (unpaired) electrons. The van der Waals surface area contributed by atoms with Crippen molar-refractivity contribution in [3.8, 4) is 5.75 Å². The maximum absolute atomic E-state index is 12.7. The second-order valence-corrected chi connectivity index (χ2v) is 7.58. The Morgan fingerprint density at radius 2 is 1.92 bits per heavy atom. The van der Waals surface area contributed by atoms with Gasteiger partial charge in [0, 0.05) is 37.4 Å². The number of amides is 1. The number of benzene rings is 1. The smallest absolute Gasteiger partial charge is 0.226 e. The van der Waals surface area contributed by atoms with Crippen molar-refractivity contribution in [1.29, 1.82) is 0 Å². The normalized spacial score (nSPS) is 27.8. The van der Waals surface area contributed by atoms with E-state index < -0.39 is 0 Å². The van der Waals surface area contributed by atoms with E-state index in [9.17, 15) is 4.79 Å². The molecule has 2 saturated heterocycles. The van der Waals surface area contributed by atoms with E-state index in [1.54, 1.807) is 12.0 Å². The van der Waals surface area contributed by atoms with Crippen LogP contribution in [0.5, 0.6) is 5.75 Å². The summed E-state index contributed by atoms with van der Waals surface area (Å²) >= 11 is 0. The summed E-state index contributed by atoms with van der Waals surface area (Å²) in [6.07, 6.45) is 4.52. The molecule has 24 heavy (non-hydrogen) atoms. The van der Waals surface area contributed by atoms with Crippen LogP contribution in [0.4, 0.5) is 0 Å². The number of likely N-dealkylation sites (tertiary alicyclic amines) is 2. The fourth-order valence-corrected chi connectivity index (χ4v) is 4.13. The van der Waals surface area contributed by atoms with E-state index in [1.165, 1.54) is 18.4 Å². The maximum Gasteiger partial charge on any atom is 0.226 e. The van der Waals surface area contributed by atoms with Crippen LogP contribution in [0.1, 0.15) is 38.2 Å². The minimum absolute atomic E-state index is 0.259. The van der Waals surface area contributed by atoms with E-state index in [1.807, 2.05) is 12.1 Å². The Balaban J connectivity index is 1.47. The van der Waals surface area contributed by atoms with E-state index in [2.05, 4.69) is 24.0 Å². The van der Waals surface area contributed by atoms with Gasteiger partial charge in [0.2, 0.25) is 5.91 Å². The van der Waals surface area contributed by atoms with Crippen LogP contribution in [0.3, 0.4) is 0 Å². The number of hydrogen-bond donors (Lipinski definition) is 1. The molecule has 1 N–H and O–H groups in total. The molecule has 2 aliphatic heterocycles. The van der Waals surface area contributed by atoms with Gasteiger partial charge in [-0.2, -0.15) is 0 Å². The fraction of sp³-hybridized carbons (Fsp3) is 0.650. The van der Waals surface area contributed by atoms with Gasteiger partial charge in [-0.25, -0.2) is 0 Å². The lowest BCUT2D eigenvalue weighted by Crippen LogP contribution is -3.11. The molecule has 0 spiro atoms. The van der Waals surface area contributed by atoms with Gasteiger partial charge in [-0.1, -0.05) is 6.92 Å². The number of hydrogen-bond acceptors (Lipinski definition) is 2. The van der Waals surface area contributed by atoms with Crippen molar-refractivity contribution in [3.05, 3.63) is 29.8 Å². The van der Waals surface area contributed by atoms with Crippen molar-refractivity contribution in [2.75, 3.05) is 33.3 Å². The fourth-order valence-electron chi connectivity index (χ4n) is 4.13. The highest BCUT2D eigenvalue weighted by Gasteiger charge is 2.32. The number of rotatable bonds is 4. The van der Waals surface area contributed by atoms with Crippen molar-refractivity contribution in [1.82, 2.24) is 4.90 Å². The molecule has 2 aliphatic rings. The second kappa shape index (κ2) is 8.02. The van der Waals surface area contributed by atoms with Crippen LogP contribution in [0.15, 0.2) is 24.3 Å². The lowest BCUT2D eigenvalue weighted by Gasteiger charge is -2.36.